The van der Waals surface area contributed by atoms with E-state index in [9.17, 15) is 14.4 Å². The Hall–Kier alpha value is -2.99. The van der Waals surface area contributed by atoms with Crippen molar-refractivity contribution in [2.24, 2.45) is 5.92 Å². The monoisotopic (exact) mass is 433 g/mol. The van der Waals surface area contributed by atoms with Gasteiger partial charge in [0.1, 0.15) is 6.04 Å². The van der Waals surface area contributed by atoms with Gasteiger partial charge in [-0.2, -0.15) is 0 Å². The van der Waals surface area contributed by atoms with Crippen LogP contribution < -0.4 is 0 Å². The molecule has 0 spiro atoms. The Morgan fingerprint density at radius 1 is 0.875 bits per heavy atom. The summed E-state index contributed by atoms with van der Waals surface area (Å²) in [6, 6.07) is 16.5. The van der Waals surface area contributed by atoms with Crippen LogP contribution in [0.3, 0.4) is 0 Å². The van der Waals surface area contributed by atoms with E-state index in [1.807, 2.05) is 24.8 Å². The van der Waals surface area contributed by atoms with Crippen molar-refractivity contribution in [1.29, 1.82) is 0 Å². The predicted molar refractivity (Wildman–Crippen MR) is 123 cm³/mol. The van der Waals surface area contributed by atoms with Crippen LogP contribution in [0.1, 0.15) is 46.5 Å². The molecule has 4 rings (SSSR count). The highest BCUT2D eigenvalue weighted by atomic mass is 16.2. The fraction of sp³-hybridized carbons (Fsp3) is 0.423. The summed E-state index contributed by atoms with van der Waals surface area (Å²) in [5, 5.41) is 0. The molecule has 2 aliphatic heterocycles. The molecule has 2 atom stereocenters. The largest absolute Gasteiger partial charge is 0.338 e. The first-order chi connectivity index (χ1) is 15.5. The van der Waals surface area contributed by atoms with Crippen molar-refractivity contribution in [3.05, 3.63) is 71.3 Å². The molecule has 0 N–H and O–H groups in total. The summed E-state index contributed by atoms with van der Waals surface area (Å²) in [7, 11) is 0. The molecule has 0 unspecified atom stereocenters. The molecule has 1 saturated heterocycles. The number of amides is 3. The Balaban J connectivity index is 1.42. The molecule has 2 aliphatic rings. The van der Waals surface area contributed by atoms with E-state index in [0.717, 1.165) is 26.1 Å². The van der Waals surface area contributed by atoms with Gasteiger partial charge in [-0.15, -0.1) is 0 Å². The van der Waals surface area contributed by atoms with E-state index in [4.69, 9.17) is 0 Å². The van der Waals surface area contributed by atoms with Crippen LogP contribution in [0.5, 0.6) is 0 Å². The zero-order chi connectivity index (χ0) is 22.7. The number of nitrogens with zero attached hydrogens (tertiary/aromatic N) is 3. The van der Waals surface area contributed by atoms with E-state index in [1.54, 1.807) is 24.3 Å². The van der Waals surface area contributed by atoms with Crippen LogP contribution in [0.2, 0.25) is 0 Å². The molecule has 1 fully saturated rings. The predicted octanol–water partition coefficient (Wildman–Crippen LogP) is 3.08. The maximum absolute atomic E-state index is 13.6. The van der Waals surface area contributed by atoms with Crippen molar-refractivity contribution in [1.82, 2.24) is 14.7 Å². The van der Waals surface area contributed by atoms with Gasteiger partial charge in [0.25, 0.3) is 11.8 Å². The van der Waals surface area contributed by atoms with Crippen LogP contribution in [0.4, 0.5) is 0 Å². The summed E-state index contributed by atoms with van der Waals surface area (Å²) in [5.41, 5.74) is 2.10. The molecule has 6 nitrogen and oxygen atoms in total. The summed E-state index contributed by atoms with van der Waals surface area (Å²) in [4.78, 5) is 45.1. The smallest absolute Gasteiger partial charge is 0.262 e. The Bertz CT molecular complexity index is 948. The van der Waals surface area contributed by atoms with Gasteiger partial charge in [0, 0.05) is 32.7 Å². The molecular weight excluding hydrogens is 402 g/mol. The lowest BCUT2D eigenvalue weighted by Crippen LogP contribution is -2.58. The number of hydrogen-bond acceptors (Lipinski definition) is 4. The van der Waals surface area contributed by atoms with Gasteiger partial charge in [-0.3, -0.25) is 24.2 Å². The summed E-state index contributed by atoms with van der Waals surface area (Å²) in [5.74, 6) is -0.936. The standard InChI is InChI=1S/C26H31N3O3/c1-3-19(2)23(29-24(30)21-11-7-8-12-22(21)25(29)31)26(32)28-17-15-27(16-18-28)14-13-20-9-5-4-6-10-20/h4-12,19,23H,3,13-18H2,1-2H3/t19-,23-/m0/s1. The first kappa shape index (κ1) is 22.2. The maximum Gasteiger partial charge on any atom is 0.262 e. The molecule has 2 aromatic carbocycles. The van der Waals surface area contributed by atoms with Crippen molar-refractivity contribution in [3.63, 3.8) is 0 Å². The van der Waals surface area contributed by atoms with Crippen molar-refractivity contribution < 1.29 is 14.4 Å². The van der Waals surface area contributed by atoms with Gasteiger partial charge in [0.2, 0.25) is 5.91 Å². The maximum atomic E-state index is 13.6. The summed E-state index contributed by atoms with van der Waals surface area (Å²) >= 11 is 0. The molecule has 0 bridgehead atoms. The molecule has 0 aliphatic carbocycles. The van der Waals surface area contributed by atoms with Crippen molar-refractivity contribution in [2.75, 3.05) is 32.7 Å². The Labute approximate surface area is 189 Å². The zero-order valence-corrected chi connectivity index (χ0v) is 18.9. The second-order valence-electron chi connectivity index (χ2n) is 8.76. The number of carbonyl (C=O) groups is 3. The van der Waals surface area contributed by atoms with Crippen LogP contribution in [-0.2, 0) is 11.2 Å². The minimum Gasteiger partial charge on any atom is -0.338 e. The third-order valence-electron chi connectivity index (χ3n) is 6.78. The summed E-state index contributed by atoms with van der Waals surface area (Å²) in [6.45, 7) is 7.72. The average molecular weight is 434 g/mol. The van der Waals surface area contributed by atoms with Crippen LogP contribution >= 0.6 is 0 Å². The minimum absolute atomic E-state index is 0.110. The van der Waals surface area contributed by atoms with Crippen molar-refractivity contribution >= 4 is 17.7 Å². The van der Waals surface area contributed by atoms with Gasteiger partial charge in [-0.05, 0) is 30.0 Å². The topological polar surface area (TPSA) is 60.9 Å². The first-order valence-electron chi connectivity index (χ1n) is 11.5. The highest BCUT2D eigenvalue weighted by molar-refractivity contribution is 6.22. The lowest BCUT2D eigenvalue weighted by atomic mass is 9.95. The molecule has 0 radical (unpaired) electrons. The van der Waals surface area contributed by atoms with Gasteiger partial charge in [0.05, 0.1) is 11.1 Å². The second-order valence-corrected chi connectivity index (χ2v) is 8.76. The summed E-state index contributed by atoms with van der Waals surface area (Å²) < 4.78 is 0. The van der Waals surface area contributed by atoms with E-state index in [-0.39, 0.29) is 23.6 Å². The molecule has 0 aromatic heterocycles. The van der Waals surface area contributed by atoms with Crippen LogP contribution in [0.15, 0.2) is 54.6 Å². The third kappa shape index (κ3) is 4.32. The average Bonchev–Trinajstić information content (AvgIpc) is 3.09. The highest BCUT2D eigenvalue weighted by Crippen LogP contribution is 2.29. The molecule has 168 valence electrons. The molecule has 0 saturated carbocycles. The molecule has 6 heteroatoms. The zero-order valence-electron chi connectivity index (χ0n) is 18.9. The highest BCUT2D eigenvalue weighted by Gasteiger charge is 2.45. The second kappa shape index (κ2) is 9.65. The molecule has 2 aromatic rings. The van der Waals surface area contributed by atoms with E-state index in [0.29, 0.717) is 30.6 Å². The van der Waals surface area contributed by atoms with Crippen LogP contribution in [0.25, 0.3) is 0 Å². The fourth-order valence-electron chi connectivity index (χ4n) is 4.60. The van der Waals surface area contributed by atoms with Crippen LogP contribution in [-0.4, -0.2) is 71.2 Å². The SMILES string of the molecule is CC[C@H](C)[C@@H](C(=O)N1CCN(CCc2ccccc2)CC1)N1C(=O)c2ccccc2C1=O. The Morgan fingerprint density at radius 3 is 2.00 bits per heavy atom. The minimum atomic E-state index is -0.761. The quantitative estimate of drug-likeness (QED) is 0.630. The molecular formula is C26H31N3O3. The van der Waals surface area contributed by atoms with E-state index in [2.05, 4.69) is 29.2 Å². The number of rotatable bonds is 7. The number of fused-ring (bicyclic) bond motifs is 1. The third-order valence-corrected chi connectivity index (χ3v) is 6.78. The van der Waals surface area contributed by atoms with Gasteiger partial charge in [-0.25, -0.2) is 0 Å². The Morgan fingerprint density at radius 2 is 1.44 bits per heavy atom. The van der Waals surface area contributed by atoms with E-state index < -0.39 is 6.04 Å². The van der Waals surface area contributed by atoms with Gasteiger partial charge >= 0.3 is 0 Å². The van der Waals surface area contributed by atoms with Gasteiger partial charge in [0.15, 0.2) is 0 Å². The van der Waals surface area contributed by atoms with Gasteiger partial charge in [-0.1, -0.05) is 62.7 Å². The van der Waals surface area contributed by atoms with Crippen LogP contribution in [0, 0.1) is 5.92 Å². The molecule has 2 heterocycles. The molecule has 3 amide bonds. The normalized spacial score (nSPS) is 18.6. The number of piperazine rings is 1. The van der Waals surface area contributed by atoms with Crippen molar-refractivity contribution in [3.8, 4) is 0 Å². The molecule has 32 heavy (non-hydrogen) atoms. The van der Waals surface area contributed by atoms with E-state index >= 15 is 0 Å². The fourth-order valence-corrected chi connectivity index (χ4v) is 4.60. The lowest BCUT2D eigenvalue weighted by molar-refractivity contribution is -0.138. The number of benzene rings is 2. The number of hydrogen-bond donors (Lipinski definition) is 0. The first-order valence-corrected chi connectivity index (χ1v) is 11.5. The van der Waals surface area contributed by atoms with Crippen molar-refractivity contribution in [2.45, 2.75) is 32.7 Å². The Kier molecular flexibility index (Phi) is 6.70. The number of carbonyl (C=O) groups excluding carboxylic acids is 3. The lowest BCUT2D eigenvalue weighted by Gasteiger charge is -2.39. The van der Waals surface area contributed by atoms with E-state index in [1.165, 1.54) is 10.5 Å². The van der Waals surface area contributed by atoms with Gasteiger partial charge < -0.3 is 4.90 Å². The summed E-state index contributed by atoms with van der Waals surface area (Å²) in [6.07, 6.45) is 1.69. The number of imide groups is 1.